The average molecular weight is 430 g/mol. The highest BCUT2D eigenvalue weighted by atomic mass is 79.9. The Balaban J connectivity index is 1.82. The fourth-order valence-electron chi connectivity index (χ4n) is 1.96. The molecule has 3 aromatic rings. The smallest absolute Gasteiger partial charge is 0.210 e. The Morgan fingerprint density at radius 3 is 2.57 bits per heavy atom. The van der Waals surface area contributed by atoms with Gasteiger partial charge in [0.05, 0.1) is 5.02 Å². The summed E-state index contributed by atoms with van der Waals surface area (Å²) in [7, 11) is 0. The molecule has 0 radical (unpaired) electrons. The molecule has 0 spiro atoms. The van der Waals surface area contributed by atoms with Crippen LogP contribution in [-0.4, -0.2) is 14.9 Å². The first-order valence-corrected chi connectivity index (χ1v) is 9.11. The number of hydrogen-bond acceptors (Lipinski definition) is 4. The third-order valence-electron chi connectivity index (χ3n) is 3.12. The SMILES string of the molecule is Nn1c(SCc2ccc(Br)cc2)nnc1-c1cc(Cl)ccc1Cl. The normalized spacial score (nSPS) is 10.9. The number of hydrogen-bond donors (Lipinski definition) is 1. The highest BCUT2D eigenvalue weighted by Gasteiger charge is 2.15. The first-order valence-electron chi connectivity index (χ1n) is 6.58. The van der Waals surface area contributed by atoms with Crippen molar-refractivity contribution in [1.82, 2.24) is 14.9 Å². The van der Waals surface area contributed by atoms with Crippen molar-refractivity contribution in [3.8, 4) is 11.4 Å². The van der Waals surface area contributed by atoms with Gasteiger partial charge in [-0.25, -0.2) is 4.68 Å². The molecule has 0 amide bonds. The Morgan fingerprint density at radius 1 is 1.09 bits per heavy atom. The molecule has 0 atom stereocenters. The van der Waals surface area contributed by atoms with Crippen LogP contribution in [0.25, 0.3) is 11.4 Å². The molecule has 4 nitrogen and oxygen atoms in total. The second-order valence-corrected chi connectivity index (χ2v) is 7.42. The van der Waals surface area contributed by atoms with Crippen LogP contribution in [0.4, 0.5) is 0 Å². The van der Waals surface area contributed by atoms with E-state index in [1.807, 2.05) is 24.3 Å². The molecular weight excluding hydrogens is 419 g/mol. The Bertz CT molecular complexity index is 836. The summed E-state index contributed by atoms with van der Waals surface area (Å²) in [5.74, 6) is 7.33. The van der Waals surface area contributed by atoms with Crippen molar-refractivity contribution < 1.29 is 0 Å². The van der Waals surface area contributed by atoms with Crippen molar-refractivity contribution in [2.75, 3.05) is 5.84 Å². The van der Waals surface area contributed by atoms with E-state index in [0.717, 1.165) is 10.2 Å². The third-order valence-corrected chi connectivity index (χ3v) is 5.22. The van der Waals surface area contributed by atoms with Crippen LogP contribution in [-0.2, 0) is 5.75 Å². The van der Waals surface area contributed by atoms with Crippen molar-refractivity contribution in [2.24, 2.45) is 0 Å². The quantitative estimate of drug-likeness (QED) is 0.467. The maximum atomic E-state index is 6.19. The molecular formula is C15H11BrCl2N4S. The van der Waals surface area contributed by atoms with Crippen LogP contribution in [0.5, 0.6) is 0 Å². The van der Waals surface area contributed by atoms with Crippen molar-refractivity contribution in [2.45, 2.75) is 10.9 Å². The molecule has 1 aromatic heterocycles. The van der Waals surface area contributed by atoms with E-state index in [-0.39, 0.29) is 0 Å². The largest absolute Gasteiger partial charge is 0.335 e. The van der Waals surface area contributed by atoms with Gasteiger partial charge in [-0.05, 0) is 35.9 Å². The van der Waals surface area contributed by atoms with Gasteiger partial charge in [-0.15, -0.1) is 10.2 Å². The van der Waals surface area contributed by atoms with Crippen LogP contribution in [0, 0.1) is 0 Å². The van der Waals surface area contributed by atoms with E-state index >= 15 is 0 Å². The summed E-state index contributed by atoms with van der Waals surface area (Å²) in [4.78, 5) is 0. The fourth-order valence-corrected chi connectivity index (χ4v) is 3.41. The molecule has 0 bridgehead atoms. The van der Waals surface area contributed by atoms with Crippen molar-refractivity contribution in [3.05, 3.63) is 62.5 Å². The highest BCUT2D eigenvalue weighted by molar-refractivity contribution is 9.10. The van der Waals surface area contributed by atoms with Crippen LogP contribution in [0.3, 0.4) is 0 Å². The number of nitrogens with zero attached hydrogens (tertiary/aromatic N) is 3. The molecule has 1 heterocycles. The van der Waals surface area contributed by atoms with Gasteiger partial charge in [0, 0.05) is 20.8 Å². The van der Waals surface area contributed by atoms with Gasteiger partial charge in [0.25, 0.3) is 0 Å². The number of thioether (sulfide) groups is 1. The predicted molar refractivity (Wildman–Crippen MR) is 99.3 cm³/mol. The average Bonchev–Trinajstić information content (AvgIpc) is 2.90. The summed E-state index contributed by atoms with van der Waals surface area (Å²) in [6, 6.07) is 13.2. The Kier molecular flexibility index (Phi) is 5.16. The molecule has 118 valence electrons. The lowest BCUT2D eigenvalue weighted by Gasteiger charge is -2.06. The monoisotopic (exact) mass is 428 g/mol. The number of benzene rings is 2. The second kappa shape index (κ2) is 7.13. The molecule has 0 saturated carbocycles. The first kappa shape index (κ1) is 16.6. The van der Waals surface area contributed by atoms with Gasteiger partial charge in [0.15, 0.2) is 5.82 Å². The minimum atomic E-state index is 0.482. The molecule has 2 N–H and O–H groups in total. The van der Waals surface area contributed by atoms with Crippen molar-refractivity contribution in [3.63, 3.8) is 0 Å². The summed E-state index contributed by atoms with van der Waals surface area (Å²) >= 11 is 17.1. The first-order chi connectivity index (χ1) is 11.0. The van der Waals surface area contributed by atoms with Crippen LogP contribution in [0.2, 0.25) is 10.0 Å². The van der Waals surface area contributed by atoms with Crippen LogP contribution < -0.4 is 5.84 Å². The summed E-state index contributed by atoms with van der Waals surface area (Å²) < 4.78 is 2.48. The number of rotatable bonds is 4. The van der Waals surface area contributed by atoms with Crippen molar-refractivity contribution in [1.29, 1.82) is 0 Å². The van der Waals surface area contributed by atoms with Crippen LogP contribution in [0.1, 0.15) is 5.56 Å². The van der Waals surface area contributed by atoms with Gasteiger partial charge in [0.2, 0.25) is 5.16 Å². The van der Waals surface area contributed by atoms with Gasteiger partial charge >= 0.3 is 0 Å². The minimum absolute atomic E-state index is 0.482. The van der Waals surface area contributed by atoms with E-state index in [2.05, 4.69) is 26.1 Å². The predicted octanol–water partition coefficient (Wildman–Crippen LogP) is 5.02. The lowest BCUT2D eigenvalue weighted by atomic mass is 10.2. The summed E-state index contributed by atoms with van der Waals surface area (Å²) in [5, 5.41) is 9.97. The van der Waals surface area contributed by atoms with Gasteiger partial charge in [0.1, 0.15) is 0 Å². The minimum Gasteiger partial charge on any atom is -0.335 e. The maximum Gasteiger partial charge on any atom is 0.210 e. The Hall–Kier alpha value is -1.21. The molecule has 0 aliphatic rings. The van der Waals surface area contributed by atoms with Gasteiger partial charge in [-0.3, -0.25) is 0 Å². The summed E-state index contributed by atoms with van der Waals surface area (Å²) in [6.45, 7) is 0. The van der Waals surface area contributed by atoms with E-state index < -0.39 is 0 Å². The lowest BCUT2D eigenvalue weighted by Crippen LogP contribution is -2.11. The standard InChI is InChI=1S/C15H11BrCl2N4S/c16-10-3-1-9(2-4-10)8-23-15-21-20-14(22(15)19)12-7-11(17)5-6-13(12)18/h1-7H,8,19H2. The van der Waals surface area contributed by atoms with E-state index in [0.29, 0.717) is 26.6 Å². The fraction of sp³-hybridized carbons (Fsp3) is 0.0667. The van der Waals surface area contributed by atoms with Gasteiger partial charge in [-0.2, -0.15) is 0 Å². The van der Waals surface area contributed by atoms with E-state index in [1.54, 1.807) is 18.2 Å². The molecule has 0 aliphatic carbocycles. The zero-order chi connectivity index (χ0) is 16.4. The molecule has 8 heteroatoms. The van der Waals surface area contributed by atoms with Crippen LogP contribution >= 0.6 is 50.9 Å². The van der Waals surface area contributed by atoms with Crippen LogP contribution in [0.15, 0.2) is 52.1 Å². The number of halogens is 3. The number of nitrogen functional groups attached to an aromatic ring is 1. The number of aromatic nitrogens is 3. The third kappa shape index (κ3) is 3.83. The van der Waals surface area contributed by atoms with Gasteiger partial charge in [-0.1, -0.05) is 63.0 Å². The summed E-state index contributed by atoms with van der Waals surface area (Å²) in [6.07, 6.45) is 0. The molecule has 0 saturated heterocycles. The summed E-state index contributed by atoms with van der Waals surface area (Å²) in [5.41, 5.74) is 1.83. The second-order valence-electron chi connectivity index (χ2n) is 4.72. The molecule has 23 heavy (non-hydrogen) atoms. The molecule has 0 unspecified atom stereocenters. The molecule has 3 rings (SSSR count). The molecule has 0 fully saturated rings. The lowest BCUT2D eigenvalue weighted by molar-refractivity contribution is 0.849. The Morgan fingerprint density at radius 2 is 1.83 bits per heavy atom. The zero-order valence-electron chi connectivity index (χ0n) is 11.7. The van der Waals surface area contributed by atoms with E-state index in [4.69, 9.17) is 29.0 Å². The van der Waals surface area contributed by atoms with E-state index in [1.165, 1.54) is 22.0 Å². The highest BCUT2D eigenvalue weighted by Crippen LogP contribution is 2.31. The maximum absolute atomic E-state index is 6.19. The zero-order valence-corrected chi connectivity index (χ0v) is 15.6. The Labute approximate surface area is 156 Å². The number of nitrogens with two attached hydrogens (primary N) is 1. The topological polar surface area (TPSA) is 56.7 Å². The van der Waals surface area contributed by atoms with Gasteiger partial charge < -0.3 is 5.84 Å². The molecule has 0 aliphatic heterocycles. The van der Waals surface area contributed by atoms with Crippen molar-refractivity contribution >= 4 is 50.9 Å². The van der Waals surface area contributed by atoms with E-state index in [9.17, 15) is 0 Å². The molecule has 2 aromatic carbocycles.